The number of rotatable bonds is 7. The summed E-state index contributed by atoms with van der Waals surface area (Å²) in [4.78, 5) is 14.4. The third-order valence-corrected chi connectivity index (χ3v) is 10.7. The first-order chi connectivity index (χ1) is 12.6. The van der Waals surface area contributed by atoms with E-state index in [1.54, 1.807) is 4.90 Å². The molecule has 0 aromatic heterocycles. The van der Waals surface area contributed by atoms with Crippen LogP contribution in [0.3, 0.4) is 0 Å². The average molecular weight is 407 g/mol. The van der Waals surface area contributed by atoms with Crippen LogP contribution in [-0.4, -0.2) is 62.1 Å². The molecule has 2 heterocycles. The molecule has 27 heavy (non-hydrogen) atoms. The molecule has 158 valence electrons. The Morgan fingerprint density at radius 1 is 1.19 bits per heavy atom. The Bertz CT molecular complexity index is 503. The fourth-order valence-corrected chi connectivity index (χ4v) is 7.20. The second-order valence-electron chi connectivity index (χ2n) is 8.78. The summed E-state index contributed by atoms with van der Waals surface area (Å²) in [5.41, 5.74) is -0.607. The monoisotopic (exact) mass is 406 g/mol. The quantitative estimate of drug-likeness (QED) is 0.638. The van der Waals surface area contributed by atoms with E-state index in [9.17, 15) is 13.6 Å². The summed E-state index contributed by atoms with van der Waals surface area (Å²) < 4.78 is 39.9. The van der Waals surface area contributed by atoms with Crippen molar-refractivity contribution in [3.63, 3.8) is 0 Å². The van der Waals surface area contributed by atoms with E-state index in [-0.39, 0.29) is 12.1 Å². The SMILES string of the molecule is CC[Si](CC)(CC)OC(C(F)F)[C@H]1NC[C@H]2CC[C@@H]1N2C(=O)OC(C)(C)C. The van der Waals surface area contributed by atoms with Gasteiger partial charge in [-0.25, -0.2) is 13.6 Å². The lowest BCUT2D eigenvalue weighted by molar-refractivity contribution is -0.0506. The van der Waals surface area contributed by atoms with Crippen molar-refractivity contribution in [2.75, 3.05) is 6.54 Å². The Hall–Kier alpha value is -0.733. The van der Waals surface area contributed by atoms with E-state index >= 15 is 0 Å². The fraction of sp³-hybridized carbons (Fsp3) is 0.947. The normalized spacial score (nSPS) is 27.1. The van der Waals surface area contributed by atoms with Gasteiger partial charge in [0.1, 0.15) is 11.7 Å². The van der Waals surface area contributed by atoms with Gasteiger partial charge in [0.05, 0.1) is 12.1 Å². The van der Waals surface area contributed by atoms with Gasteiger partial charge in [-0.2, -0.15) is 0 Å². The lowest BCUT2D eigenvalue weighted by Crippen LogP contribution is -2.66. The van der Waals surface area contributed by atoms with Crippen molar-refractivity contribution in [2.45, 2.75) is 109 Å². The van der Waals surface area contributed by atoms with Crippen LogP contribution in [0.4, 0.5) is 13.6 Å². The van der Waals surface area contributed by atoms with Gasteiger partial charge in [0, 0.05) is 12.6 Å². The Kier molecular flexibility index (Phi) is 7.30. The molecule has 2 bridgehead atoms. The summed E-state index contributed by atoms with van der Waals surface area (Å²) in [5, 5.41) is 3.27. The highest BCUT2D eigenvalue weighted by Crippen LogP contribution is 2.36. The molecular weight excluding hydrogens is 370 g/mol. The molecule has 8 heteroatoms. The second-order valence-corrected chi connectivity index (χ2v) is 13.5. The van der Waals surface area contributed by atoms with Crippen molar-refractivity contribution < 1.29 is 22.7 Å². The molecule has 1 N–H and O–H groups in total. The average Bonchev–Trinajstić information content (AvgIpc) is 2.90. The van der Waals surface area contributed by atoms with Gasteiger partial charge >= 0.3 is 6.09 Å². The number of piperazine rings is 1. The number of nitrogens with zero attached hydrogens (tertiary/aromatic N) is 1. The molecule has 0 saturated carbocycles. The van der Waals surface area contributed by atoms with Crippen molar-refractivity contribution >= 4 is 14.4 Å². The number of hydrogen-bond acceptors (Lipinski definition) is 4. The Morgan fingerprint density at radius 3 is 2.26 bits per heavy atom. The van der Waals surface area contributed by atoms with Crippen molar-refractivity contribution in [3.05, 3.63) is 0 Å². The van der Waals surface area contributed by atoms with Gasteiger partial charge in [0.2, 0.25) is 0 Å². The van der Waals surface area contributed by atoms with E-state index in [0.29, 0.717) is 13.0 Å². The van der Waals surface area contributed by atoms with E-state index in [0.717, 1.165) is 24.6 Å². The van der Waals surface area contributed by atoms with Crippen molar-refractivity contribution in [1.29, 1.82) is 0 Å². The summed E-state index contributed by atoms with van der Waals surface area (Å²) in [6.07, 6.45) is -2.67. The maximum Gasteiger partial charge on any atom is 0.410 e. The number of alkyl halides is 2. The molecule has 0 aromatic rings. The number of nitrogens with one attached hydrogen (secondary N) is 1. The molecule has 1 amide bonds. The van der Waals surface area contributed by atoms with Crippen LogP contribution < -0.4 is 5.32 Å². The zero-order valence-corrected chi connectivity index (χ0v) is 18.6. The molecule has 0 aromatic carbocycles. The summed E-state index contributed by atoms with van der Waals surface area (Å²) in [5.74, 6) is 0. The number of amides is 1. The number of carbonyl (C=O) groups is 1. The second kappa shape index (κ2) is 8.74. The zero-order valence-electron chi connectivity index (χ0n) is 17.6. The summed E-state index contributed by atoms with van der Waals surface area (Å²) in [6, 6.07) is 1.59. The number of fused-ring (bicyclic) bond motifs is 2. The molecule has 2 rings (SSSR count). The molecule has 2 aliphatic rings. The highest BCUT2D eigenvalue weighted by Gasteiger charge is 2.51. The van der Waals surface area contributed by atoms with Crippen LogP contribution in [0.1, 0.15) is 54.4 Å². The van der Waals surface area contributed by atoms with Gasteiger partial charge in [-0.3, -0.25) is 4.90 Å². The first-order valence-electron chi connectivity index (χ1n) is 10.3. The third-order valence-electron chi connectivity index (χ3n) is 6.08. The highest BCUT2D eigenvalue weighted by atomic mass is 28.4. The van der Waals surface area contributed by atoms with E-state index in [1.165, 1.54) is 0 Å². The first-order valence-corrected chi connectivity index (χ1v) is 12.8. The largest absolute Gasteiger partial charge is 0.444 e. The van der Waals surface area contributed by atoms with Gasteiger partial charge in [0.25, 0.3) is 6.43 Å². The molecule has 4 atom stereocenters. The molecular formula is C19H36F2N2O3Si. The standard InChI is InChI=1S/C19H36F2N2O3Si/c1-7-27(8-2,9-3)26-16(17(20)21)15-14-11-10-13(12-22-15)23(14)18(24)25-19(4,5)6/h13-17,22H,7-12H2,1-6H3/t13-,14+,15+,16?/m1/s1. The summed E-state index contributed by atoms with van der Waals surface area (Å²) >= 11 is 0. The van der Waals surface area contributed by atoms with Crippen LogP contribution >= 0.6 is 0 Å². The molecule has 2 fully saturated rings. The van der Waals surface area contributed by atoms with Gasteiger partial charge < -0.3 is 14.5 Å². The van der Waals surface area contributed by atoms with E-state index < -0.39 is 38.6 Å². The Balaban J connectivity index is 2.23. The smallest absolute Gasteiger partial charge is 0.410 e. The number of hydrogen-bond donors (Lipinski definition) is 1. The van der Waals surface area contributed by atoms with Crippen LogP contribution in [-0.2, 0) is 9.16 Å². The predicted octanol–water partition coefficient (Wildman–Crippen LogP) is 4.38. The minimum atomic E-state index is -2.59. The van der Waals surface area contributed by atoms with Gasteiger partial charge in [0.15, 0.2) is 8.32 Å². The summed E-state index contributed by atoms with van der Waals surface area (Å²) in [6.45, 7) is 12.1. The van der Waals surface area contributed by atoms with E-state index in [2.05, 4.69) is 5.32 Å². The van der Waals surface area contributed by atoms with Crippen LogP contribution in [0.5, 0.6) is 0 Å². The molecule has 0 aliphatic carbocycles. The van der Waals surface area contributed by atoms with Crippen molar-refractivity contribution in [3.8, 4) is 0 Å². The number of ether oxygens (including phenoxy) is 1. The van der Waals surface area contributed by atoms with E-state index in [4.69, 9.17) is 9.16 Å². The molecule has 1 unspecified atom stereocenters. The van der Waals surface area contributed by atoms with Crippen LogP contribution in [0, 0.1) is 0 Å². The van der Waals surface area contributed by atoms with Crippen molar-refractivity contribution in [1.82, 2.24) is 10.2 Å². The fourth-order valence-electron chi connectivity index (χ4n) is 4.38. The van der Waals surface area contributed by atoms with Gasteiger partial charge in [-0.15, -0.1) is 0 Å². The molecule has 5 nitrogen and oxygen atoms in total. The lowest BCUT2D eigenvalue weighted by atomic mass is 9.99. The maximum atomic E-state index is 14.1. The first kappa shape index (κ1) is 22.6. The number of halogens is 2. The predicted molar refractivity (Wildman–Crippen MR) is 105 cm³/mol. The minimum Gasteiger partial charge on any atom is -0.444 e. The van der Waals surface area contributed by atoms with Crippen molar-refractivity contribution in [2.24, 2.45) is 0 Å². The molecule has 0 radical (unpaired) electrons. The van der Waals surface area contributed by atoms with Crippen LogP contribution in [0.25, 0.3) is 0 Å². The van der Waals surface area contributed by atoms with E-state index in [1.807, 2.05) is 41.5 Å². The van der Waals surface area contributed by atoms with Gasteiger partial charge in [-0.05, 0) is 51.7 Å². The lowest BCUT2D eigenvalue weighted by Gasteiger charge is -2.45. The topological polar surface area (TPSA) is 50.8 Å². The van der Waals surface area contributed by atoms with Crippen LogP contribution in [0.2, 0.25) is 18.1 Å². The maximum absolute atomic E-state index is 14.1. The molecule has 0 spiro atoms. The molecule has 2 aliphatic heterocycles. The minimum absolute atomic E-state index is 0.00458. The van der Waals surface area contributed by atoms with Crippen LogP contribution in [0.15, 0.2) is 0 Å². The number of carbonyl (C=O) groups excluding carboxylic acids is 1. The Morgan fingerprint density at radius 2 is 1.78 bits per heavy atom. The van der Waals surface area contributed by atoms with Gasteiger partial charge in [-0.1, -0.05) is 20.8 Å². The zero-order chi connectivity index (χ0) is 20.4. The molecule has 2 saturated heterocycles. The highest BCUT2D eigenvalue weighted by molar-refractivity contribution is 6.73. The Labute approximate surface area is 163 Å². The summed E-state index contributed by atoms with van der Waals surface area (Å²) in [7, 11) is -2.20. The third kappa shape index (κ3) is 5.01.